The standard InChI is InChI=1S/C19H22N4O3S/c1-5-11-26-17(24)15-12(3)20-18-21-19(27-6-2)22-23(18)16(15)13-9-7-8-10-14(13)25-4/h5,7-10,16H,1,6,11H2,2-4H3,(H,20,21,22). The smallest absolute Gasteiger partial charge is 0.338 e. The van der Waals surface area contributed by atoms with E-state index in [0.717, 1.165) is 11.3 Å². The molecule has 1 N–H and O–H groups in total. The Hall–Kier alpha value is -2.74. The van der Waals surface area contributed by atoms with Crippen molar-refractivity contribution < 1.29 is 14.3 Å². The van der Waals surface area contributed by atoms with Crippen LogP contribution in [-0.2, 0) is 9.53 Å². The number of ether oxygens (including phenoxy) is 2. The molecule has 142 valence electrons. The zero-order valence-electron chi connectivity index (χ0n) is 15.6. The molecule has 0 saturated carbocycles. The Bertz CT molecular complexity index is 891. The Morgan fingerprint density at radius 1 is 1.44 bits per heavy atom. The van der Waals surface area contributed by atoms with Gasteiger partial charge < -0.3 is 14.8 Å². The van der Waals surface area contributed by atoms with Crippen molar-refractivity contribution in [2.75, 3.05) is 24.8 Å². The summed E-state index contributed by atoms with van der Waals surface area (Å²) in [6, 6.07) is 7.06. The van der Waals surface area contributed by atoms with Gasteiger partial charge >= 0.3 is 5.97 Å². The van der Waals surface area contributed by atoms with Gasteiger partial charge in [0, 0.05) is 11.3 Å². The van der Waals surface area contributed by atoms with Crippen molar-refractivity contribution in [2.45, 2.75) is 25.0 Å². The number of thioether (sulfide) groups is 1. The fourth-order valence-corrected chi connectivity index (χ4v) is 3.53. The predicted molar refractivity (Wildman–Crippen MR) is 105 cm³/mol. The number of nitrogens with zero attached hydrogens (tertiary/aromatic N) is 3. The molecule has 0 radical (unpaired) electrons. The van der Waals surface area contributed by atoms with Crippen LogP contribution in [-0.4, -0.2) is 40.2 Å². The minimum absolute atomic E-state index is 0.134. The second kappa shape index (κ2) is 8.30. The van der Waals surface area contributed by atoms with Crippen molar-refractivity contribution >= 4 is 23.7 Å². The van der Waals surface area contributed by atoms with Crippen LogP contribution in [0, 0.1) is 0 Å². The highest BCUT2D eigenvalue weighted by Crippen LogP contribution is 2.40. The maximum Gasteiger partial charge on any atom is 0.338 e. The van der Waals surface area contributed by atoms with Crippen LogP contribution < -0.4 is 10.1 Å². The van der Waals surface area contributed by atoms with Gasteiger partial charge in [0.2, 0.25) is 11.1 Å². The van der Waals surface area contributed by atoms with E-state index in [1.54, 1.807) is 17.9 Å². The Morgan fingerprint density at radius 3 is 2.93 bits per heavy atom. The lowest BCUT2D eigenvalue weighted by molar-refractivity contribution is -0.138. The molecule has 0 aliphatic carbocycles. The van der Waals surface area contributed by atoms with E-state index in [-0.39, 0.29) is 6.61 Å². The normalized spacial score (nSPS) is 15.7. The Labute approximate surface area is 162 Å². The van der Waals surface area contributed by atoms with E-state index in [0.29, 0.717) is 28.1 Å². The highest BCUT2D eigenvalue weighted by Gasteiger charge is 2.36. The van der Waals surface area contributed by atoms with Gasteiger partial charge in [-0.25, -0.2) is 9.48 Å². The van der Waals surface area contributed by atoms with Gasteiger partial charge in [0.15, 0.2) is 0 Å². The zero-order valence-corrected chi connectivity index (χ0v) is 16.4. The molecule has 3 rings (SSSR count). The van der Waals surface area contributed by atoms with Crippen LogP contribution in [0.5, 0.6) is 5.75 Å². The summed E-state index contributed by atoms with van der Waals surface area (Å²) in [5.41, 5.74) is 1.95. The number of benzene rings is 1. The third-order valence-corrected chi connectivity index (χ3v) is 4.81. The van der Waals surface area contributed by atoms with E-state index >= 15 is 0 Å². The second-order valence-electron chi connectivity index (χ2n) is 5.79. The van der Waals surface area contributed by atoms with Crippen molar-refractivity contribution in [3.63, 3.8) is 0 Å². The molecule has 0 bridgehead atoms. The summed E-state index contributed by atoms with van der Waals surface area (Å²) in [4.78, 5) is 17.4. The fourth-order valence-electron chi connectivity index (χ4n) is 2.98. The molecule has 0 saturated heterocycles. The molecule has 2 aromatic rings. The average molecular weight is 386 g/mol. The first-order valence-electron chi connectivity index (χ1n) is 8.58. The van der Waals surface area contributed by atoms with E-state index in [4.69, 9.17) is 9.47 Å². The summed E-state index contributed by atoms with van der Waals surface area (Å²) in [6.07, 6.45) is 1.54. The molecule has 1 aliphatic rings. The number of hydrogen-bond donors (Lipinski definition) is 1. The van der Waals surface area contributed by atoms with Gasteiger partial charge in [-0.05, 0) is 18.7 Å². The van der Waals surface area contributed by atoms with Gasteiger partial charge in [-0.15, -0.1) is 5.10 Å². The fraction of sp³-hybridized carbons (Fsp3) is 0.316. The number of nitrogens with one attached hydrogen (secondary N) is 1. The third-order valence-electron chi connectivity index (χ3n) is 4.09. The first-order chi connectivity index (χ1) is 13.1. The molecule has 8 heteroatoms. The van der Waals surface area contributed by atoms with Crippen molar-refractivity contribution in [3.05, 3.63) is 53.8 Å². The molecule has 2 heterocycles. The topological polar surface area (TPSA) is 78.3 Å². The van der Waals surface area contributed by atoms with E-state index < -0.39 is 12.0 Å². The van der Waals surface area contributed by atoms with E-state index in [9.17, 15) is 4.79 Å². The van der Waals surface area contributed by atoms with E-state index in [1.165, 1.54) is 11.8 Å². The zero-order chi connectivity index (χ0) is 19.4. The van der Waals surface area contributed by atoms with Gasteiger partial charge in [0.05, 0.1) is 12.7 Å². The van der Waals surface area contributed by atoms with Crippen LogP contribution in [0.25, 0.3) is 0 Å². The number of rotatable bonds is 7. The summed E-state index contributed by atoms with van der Waals surface area (Å²) < 4.78 is 12.6. The maximum absolute atomic E-state index is 12.8. The minimum atomic E-state index is -0.506. The summed E-state index contributed by atoms with van der Waals surface area (Å²) in [5, 5.41) is 8.43. The lowest BCUT2D eigenvalue weighted by atomic mass is 9.95. The van der Waals surface area contributed by atoms with Gasteiger partial charge in [-0.2, -0.15) is 4.98 Å². The van der Waals surface area contributed by atoms with Gasteiger partial charge in [-0.3, -0.25) is 0 Å². The lowest BCUT2D eigenvalue weighted by Crippen LogP contribution is -2.30. The number of methoxy groups -OCH3 is 1. The van der Waals surface area contributed by atoms with E-state index in [1.807, 2.05) is 38.1 Å². The van der Waals surface area contributed by atoms with Crippen molar-refractivity contribution in [2.24, 2.45) is 0 Å². The number of para-hydroxylation sites is 1. The summed E-state index contributed by atoms with van der Waals surface area (Å²) >= 11 is 1.54. The van der Waals surface area contributed by atoms with Gasteiger partial charge in [-0.1, -0.05) is 49.5 Å². The third kappa shape index (κ3) is 3.71. The largest absolute Gasteiger partial charge is 0.496 e. The molecule has 27 heavy (non-hydrogen) atoms. The molecule has 0 spiro atoms. The molecular formula is C19H22N4O3S. The van der Waals surface area contributed by atoms with Crippen molar-refractivity contribution in [1.82, 2.24) is 14.8 Å². The van der Waals surface area contributed by atoms with E-state index in [2.05, 4.69) is 22.0 Å². The number of hydrogen-bond acceptors (Lipinski definition) is 7. The molecule has 1 aromatic carbocycles. The Kier molecular flexibility index (Phi) is 5.85. The molecule has 1 atom stereocenters. The van der Waals surface area contributed by atoms with Gasteiger partial charge in [0.25, 0.3) is 0 Å². The number of esters is 1. The molecular weight excluding hydrogens is 364 g/mol. The number of aromatic nitrogens is 3. The van der Waals surface area contributed by atoms with Crippen LogP contribution in [0.2, 0.25) is 0 Å². The average Bonchev–Trinajstić information content (AvgIpc) is 3.07. The number of carbonyl (C=O) groups excluding carboxylic acids is 1. The highest BCUT2D eigenvalue weighted by molar-refractivity contribution is 7.99. The molecule has 7 nitrogen and oxygen atoms in total. The molecule has 1 unspecified atom stereocenters. The quantitative estimate of drug-likeness (QED) is 0.444. The van der Waals surface area contributed by atoms with Crippen molar-refractivity contribution in [3.8, 4) is 5.75 Å². The SMILES string of the molecule is C=CCOC(=O)C1=C(C)Nc2nc(SCC)nn2C1c1ccccc1OC. The first-order valence-corrected chi connectivity index (χ1v) is 9.57. The molecule has 0 amide bonds. The van der Waals surface area contributed by atoms with Crippen molar-refractivity contribution in [1.29, 1.82) is 0 Å². The second-order valence-corrected chi connectivity index (χ2v) is 7.02. The van der Waals surface area contributed by atoms with Gasteiger partial charge in [0.1, 0.15) is 18.4 Å². The summed E-state index contributed by atoms with van der Waals surface area (Å²) in [5.74, 6) is 1.67. The number of allylic oxidation sites excluding steroid dienone is 1. The maximum atomic E-state index is 12.8. The van der Waals surface area contributed by atoms with Crippen LogP contribution in [0.15, 0.2) is 53.3 Å². The minimum Gasteiger partial charge on any atom is -0.496 e. The number of anilines is 1. The Balaban J connectivity index is 2.15. The monoisotopic (exact) mass is 386 g/mol. The first kappa shape index (κ1) is 19.0. The summed E-state index contributed by atoms with van der Waals surface area (Å²) in [7, 11) is 1.60. The predicted octanol–water partition coefficient (Wildman–Crippen LogP) is 3.42. The van der Waals surface area contributed by atoms with Crippen LogP contribution in [0.1, 0.15) is 25.5 Å². The molecule has 0 fully saturated rings. The van der Waals surface area contributed by atoms with Crippen LogP contribution >= 0.6 is 11.8 Å². The lowest BCUT2D eigenvalue weighted by Gasteiger charge is -2.28. The Morgan fingerprint density at radius 2 is 2.22 bits per heavy atom. The number of fused-ring (bicyclic) bond motifs is 1. The molecule has 1 aliphatic heterocycles. The van der Waals surface area contributed by atoms with Crippen LogP contribution in [0.3, 0.4) is 0 Å². The summed E-state index contributed by atoms with van der Waals surface area (Å²) in [6.45, 7) is 7.61. The molecule has 1 aromatic heterocycles. The van der Waals surface area contributed by atoms with Crippen LogP contribution in [0.4, 0.5) is 5.95 Å². The highest BCUT2D eigenvalue weighted by atomic mass is 32.2. The number of carbonyl (C=O) groups is 1.